The molecule has 0 unspecified atom stereocenters. The molecule has 1 heterocycles. The number of carbonyl (C=O) groups is 4. The van der Waals surface area contributed by atoms with Gasteiger partial charge in [0.2, 0.25) is 0 Å². The second-order valence-electron chi connectivity index (χ2n) is 15.6. The van der Waals surface area contributed by atoms with Gasteiger partial charge in [0.1, 0.15) is 36.3 Å². The number of para-hydroxylation sites is 2. The SMILES string of the molecule is CCCCCCCCCCCCOc1cccc(OC(=O)CN(CC(=O)OC2CCCCC2)c2ccc(C=C3C(=O)N(c4ccccc4)N(c4ccccc4)C3=O)cc2)c1. The topological polar surface area (TPSA) is 106 Å². The van der Waals surface area contributed by atoms with Crippen LogP contribution in [0.1, 0.15) is 109 Å². The first kappa shape index (κ1) is 43.7. The Morgan fingerprint density at radius 3 is 1.78 bits per heavy atom. The molecule has 1 aliphatic heterocycles. The predicted octanol–water partition coefficient (Wildman–Crippen LogP) is 10.7. The molecular weight excluding hydrogens is 755 g/mol. The van der Waals surface area contributed by atoms with Gasteiger partial charge in [0.15, 0.2) is 0 Å². The predicted molar refractivity (Wildman–Crippen MR) is 237 cm³/mol. The molecule has 60 heavy (non-hydrogen) atoms. The first-order chi connectivity index (χ1) is 29.4. The maximum atomic E-state index is 13.9. The van der Waals surface area contributed by atoms with Crippen LogP contribution in [0.25, 0.3) is 6.08 Å². The monoisotopic (exact) mass is 813 g/mol. The fraction of sp³-hybridized carbons (Fsp3) is 0.400. The smallest absolute Gasteiger partial charge is 0.330 e. The number of hydrazine groups is 1. The highest BCUT2D eigenvalue weighted by Gasteiger charge is 2.42. The van der Waals surface area contributed by atoms with Crippen molar-refractivity contribution in [3.05, 3.63) is 120 Å². The molecule has 1 saturated carbocycles. The second-order valence-corrected chi connectivity index (χ2v) is 15.6. The van der Waals surface area contributed by atoms with E-state index in [1.807, 2.05) is 42.5 Å². The number of rotatable bonds is 22. The normalized spacial score (nSPS) is 14.3. The van der Waals surface area contributed by atoms with Crippen LogP contribution in [0.3, 0.4) is 0 Å². The minimum absolute atomic E-state index is 0.00153. The lowest BCUT2D eigenvalue weighted by molar-refractivity contribution is -0.148. The average molecular weight is 814 g/mol. The molecule has 0 radical (unpaired) electrons. The summed E-state index contributed by atoms with van der Waals surface area (Å²) in [5.41, 5.74) is 2.29. The van der Waals surface area contributed by atoms with Crippen LogP contribution in [0.4, 0.5) is 17.1 Å². The van der Waals surface area contributed by atoms with Crippen molar-refractivity contribution in [3.63, 3.8) is 0 Å². The maximum Gasteiger partial charge on any atom is 0.330 e. The summed E-state index contributed by atoms with van der Waals surface area (Å²) in [5, 5.41) is 2.76. The molecule has 6 rings (SSSR count). The van der Waals surface area contributed by atoms with Gasteiger partial charge in [-0.15, -0.1) is 0 Å². The molecule has 4 aromatic carbocycles. The molecule has 0 bridgehead atoms. The summed E-state index contributed by atoms with van der Waals surface area (Å²) in [6.45, 7) is 2.45. The Labute approximate surface area is 355 Å². The summed E-state index contributed by atoms with van der Waals surface area (Å²) in [6, 6.07) is 32.1. The van der Waals surface area contributed by atoms with Crippen LogP contribution in [-0.2, 0) is 23.9 Å². The zero-order valence-electron chi connectivity index (χ0n) is 35.0. The maximum absolute atomic E-state index is 13.9. The van der Waals surface area contributed by atoms with E-state index in [9.17, 15) is 19.2 Å². The molecule has 2 amide bonds. The summed E-state index contributed by atoms with van der Waals surface area (Å²) >= 11 is 0. The van der Waals surface area contributed by atoms with Crippen LogP contribution in [0.15, 0.2) is 115 Å². The van der Waals surface area contributed by atoms with Gasteiger partial charge in [-0.25, -0.2) is 14.8 Å². The standard InChI is InChI=1S/C50H59N3O7/c1-2-3-4-5-6-7-8-9-10-20-34-58-44-28-21-29-45(36-44)60-48(55)38-51(37-47(54)59-43-26-18-13-19-27-43)40-32-30-39(31-33-40)35-46-49(56)52(41-22-14-11-15-23-41)53(50(46)57)42-24-16-12-17-25-42/h11-12,14-17,21-25,28-33,35-36,43H,2-10,13,18-20,26-27,34,37-38H2,1H3. The number of hydrogen-bond donors (Lipinski definition) is 0. The van der Waals surface area contributed by atoms with Gasteiger partial charge >= 0.3 is 11.9 Å². The number of esters is 2. The molecule has 10 nitrogen and oxygen atoms in total. The van der Waals surface area contributed by atoms with Crippen molar-refractivity contribution < 1.29 is 33.4 Å². The summed E-state index contributed by atoms with van der Waals surface area (Å²) in [4.78, 5) is 56.1. The van der Waals surface area contributed by atoms with Crippen LogP contribution in [0.2, 0.25) is 0 Å². The van der Waals surface area contributed by atoms with Gasteiger partial charge < -0.3 is 19.1 Å². The van der Waals surface area contributed by atoms with Crippen LogP contribution in [0.5, 0.6) is 11.5 Å². The highest BCUT2D eigenvalue weighted by atomic mass is 16.5. The zero-order valence-corrected chi connectivity index (χ0v) is 35.0. The van der Waals surface area contributed by atoms with Crippen molar-refractivity contribution in [2.45, 2.75) is 109 Å². The third-order valence-electron chi connectivity index (χ3n) is 10.9. The third kappa shape index (κ3) is 12.8. The largest absolute Gasteiger partial charge is 0.493 e. The van der Waals surface area contributed by atoms with E-state index >= 15 is 0 Å². The Kier molecular flexibility index (Phi) is 16.8. The third-order valence-corrected chi connectivity index (χ3v) is 10.9. The van der Waals surface area contributed by atoms with Crippen molar-refractivity contribution in [1.29, 1.82) is 0 Å². The number of ether oxygens (including phenoxy) is 3. The van der Waals surface area contributed by atoms with Gasteiger partial charge in [-0.1, -0.05) is 126 Å². The first-order valence-electron chi connectivity index (χ1n) is 21.9. The number of hydrogen-bond acceptors (Lipinski definition) is 8. The number of carbonyl (C=O) groups excluding carboxylic acids is 4. The van der Waals surface area contributed by atoms with E-state index in [0.29, 0.717) is 40.7 Å². The molecule has 316 valence electrons. The quantitative estimate of drug-likeness (QED) is 0.0254. The lowest BCUT2D eigenvalue weighted by atomic mass is 9.98. The van der Waals surface area contributed by atoms with Gasteiger partial charge in [0, 0.05) is 11.8 Å². The van der Waals surface area contributed by atoms with Crippen molar-refractivity contribution in [3.8, 4) is 11.5 Å². The van der Waals surface area contributed by atoms with E-state index in [1.54, 1.807) is 77.7 Å². The molecular formula is C50H59N3O7. The highest BCUT2D eigenvalue weighted by molar-refractivity contribution is 6.38. The lowest BCUT2D eigenvalue weighted by Gasteiger charge is -2.27. The molecule has 1 aliphatic carbocycles. The van der Waals surface area contributed by atoms with Crippen LogP contribution < -0.4 is 24.4 Å². The van der Waals surface area contributed by atoms with E-state index in [4.69, 9.17) is 14.2 Å². The Hall–Kier alpha value is -5.90. The van der Waals surface area contributed by atoms with Gasteiger partial charge in [-0.3, -0.25) is 14.4 Å². The van der Waals surface area contributed by atoms with Gasteiger partial charge in [0.25, 0.3) is 11.8 Å². The number of amides is 2. The van der Waals surface area contributed by atoms with E-state index in [-0.39, 0.29) is 24.8 Å². The fourth-order valence-electron chi connectivity index (χ4n) is 7.70. The van der Waals surface area contributed by atoms with Crippen molar-refractivity contribution >= 4 is 46.9 Å². The van der Waals surface area contributed by atoms with Crippen LogP contribution in [-0.4, -0.2) is 49.6 Å². The van der Waals surface area contributed by atoms with E-state index in [1.165, 1.54) is 61.4 Å². The second kappa shape index (κ2) is 23.0. The molecule has 0 atom stereocenters. The lowest BCUT2D eigenvalue weighted by Crippen LogP contribution is -2.41. The number of nitrogens with zero attached hydrogens (tertiary/aromatic N) is 3. The van der Waals surface area contributed by atoms with Crippen molar-refractivity contribution in [2.24, 2.45) is 0 Å². The molecule has 0 spiro atoms. The number of benzene rings is 4. The fourth-order valence-corrected chi connectivity index (χ4v) is 7.70. The Morgan fingerprint density at radius 2 is 1.18 bits per heavy atom. The minimum Gasteiger partial charge on any atom is -0.493 e. The Bertz CT molecular complexity index is 1950. The van der Waals surface area contributed by atoms with Crippen molar-refractivity contribution in [2.75, 3.05) is 34.6 Å². The van der Waals surface area contributed by atoms with Gasteiger partial charge in [-0.2, -0.15) is 0 Å². The molecule has 0 aromatic heterocycles. The van der Waals surface area contributed by atoms with Crippen LogP contribution >= 0.6 is 0 Å². The van der Waals surface area contributed by atoms with E-state index in [0.717, 1.165) is 44.9 Å². The summed E-state index contributed by atoms with van der Waals surface area (Å²) in [6.07, 6.45) is 18.7. The van der Waals surface area contributed by atoms with Crippen molar-refractivity contribution in [1.82, 2.24) is 0 Å². The summed E-state index contributed by atoms with van der Waals surface area (Å²) < 4.78 is 17.6. The molecule has 2 aliphatic rings. The highest BCUT2D eigenvalue weighted by Crippen LogP contribution is 2.33. The summed E-state index contributed by atoms with van der Waals surface area (Å²) in [5.74, 6) is -0.904. The minimum atomic E-state index is -0.553. The molecule has 1 saturated heterocycles. The van der Waals surface area contributed by atoms with E-state index in [2.05, 4.69) is 6.92 Å². The zero-order chi connectivity index (χ0) is 41.9. The molecule has 4 aromatic rings. The first-order valence-corrected chi connectivity index (χ1v) is 21.9. The number of unbranched alkanes of at least 4 members (excludes halogenated alkanes) is 9. The number of anilines is 3. The molecule has 0 N–H and O–H groups in total. The Morgan fingerprint density at radius 1 is 0.633 bits per heavy atom. The average Bonchev–Trinajstić information content (AvgIpc) is 3.51. The molecule has 10 heteroatoms. The molecule has 2 fully saturated rings. The van der Waals surface area contributed by atoms with Gasteiger partial charge in [-0.05, 0) is 92.3 Å². The summed E-state index contributed by atoms with van der Waals surface area (Å²) in [7, 11) is 0. The van der Waals surface area contributed by atoms with Gasteiger partial charge in [0.05, 0.1) is 18.0 Å². The van der Waals surface area contributed by atoms with Crippen LogP contribution in [0, 0.1) is 0 Å². The Balaban J connectivity index is 1.10. The van der Waals surface area contributed by atoms with E-state index < -0.39 is 23.8 Å².